The number of rotatable bonds is 2. The van der Waals surface area contributed by atoms with Gasteiger partial charge in [0, 0.05) is 11.6 Å². The first kappa shape index (κ1) is 14.8. The van der Waals surface area contributed by atoms with Gasteiger partial charge in [-0.25, -0.2) is 0 Å². The molecule has 0 saturated heterocycles. The molecule has 3 rings (SSSR count). The van der Waals surface area contributed by atoms with Crippen LogP contribution in [0.3, 0.4) is 0 Å². The maximum atomic E-state index is 12.3. The maximum Gasteiger partial charge on any atom is 0.203 e. The molecule has 23 heavy (non-hydrogen) atoms. The molecule has 2 aromatic rings. The molecule has 1 aliphatic rings. The Hall–Kier alpha value is -3.09. The summed E-state index contributed by atoms with van der Waals surface area (Å²) in [4.78, 5) is 12.3. The van der Waals surface area contributed by atoms with Gasteiger partial charge in [-0.15, -0.1) is 0 Å². The second-order valence-corrected chi connectivity index (χ2v) is 5.10. The van der Waals surface area contributed by atoms with Gasteiger partial charge in [-0.2, -0.15) is 0 Å². The number of methoxy groups -OCH3 is 1. The highest BCUT2D eigenvalue weighted by Crippen LogP contribution is 2.49. The molecule has 0 aliphatic carbocycles. The first-order valence-corrected chi connectivity index (χ1v) is 6.77. The van der Waals surface area contributed by atoms with Crippen molar-refractivity contribution < 1.29 is 34.7 Å². The average molecular weight is 318 g/mol. The van der Waals surface area contributed by atoms with Crippen LogP contribution in [0.4, 0.5) is 0 Å². The van der Waals surface area contributed by atoms with Gasteiger partial charge in [0.15, 0.2) is 28.8 Å². The van der Waals surface area contributed by atoms with Crippen molar-refractivity contribution in [1.29, 1.82) is 0 Å². The van der Waals surface area contributed by atoms with E-state index >= 15 is 0 Å². The first-order chi connectivity index (χ1) is 10.9. The van der Waals surface area contributed by atoms with Gasteiger partial charge in [-0.05, 0) is 6.07 Å². The molecule has 7 heteroatoms. The third-order valence-electron chi connectivity index (χ3n) is 3.71. The van der Waals surface area contributed by atoms with Crippen molar-refractivity contribution in [2.24, 2.45) is 0 Å². The molecule has 0 fully saturated rings. The van der Waals surface area contributed by atoms with E-state index in [2.05, 4.69) is 0 Å². The number of ether oxygens (including phenoxy) is 2. The molecule has 0 radical (unpaired) electrons. The van der Waals surface area contributed by atoms with Gasteiger partial charge < -0.3 is 29.9 Å². The molecular formula is C16H14O7. The summed E-state index contributed by atoms with van der Waals surface area (Å²) in [5.74, 6) is -2.25. The Labute approximate surface area is 131 Å². The molecular weight excluding hydrogens is 304 g/mol. The van der Waals surface area contributed by atoms with Crippen molar-refractivity contribution in [2.45, 2.75) is 12.5 Å². The van der Waals surface area contributed by atoms with Gasteiger partial charge in [0.2, 0.25) is 5.75 Å². The van der Waals surface area contributed by atoms with E-state index in [1.54, 1.807) is 0 Å². The third kappa shape index (κ3) is 2.26. The Morgan fingerprint density at radius 1 is 1.13 bits per heavy atom. The summed E-state index contributed by atoms with van der Waals surface area (Å²) in [5.41, 5.74) is 0.148. The molecule has 0 saturated carbocycles. The van der Waals surface area contributed by atoms with Crippen LogP contribution in [0.1, 0.15) is 28.4 Å². The molecule has 1 heterocycles. The summed E-state index contributed by atoms with van der Waals surface area (Å²) in [5, 5.41) is 39.4. The van der Waals surface area contributed by atoms with Crippen molar-refractivity contribution in [2.75, 3.05) is 7.11 Å². The number of hydrogen-bond acceptors (Lipinski definition) is 7. The van der Waals surface area contributed by atoms with Crippen LogP contribution in [0.2, 0.25) is 0 Å². The number of phenolic OH excluding ortho intramolecular Hbond substituents is 4. The predicted molar refractivity (Wildman–Crippen MR) is 78.4 cm³/mol. The number of Topliss-reactive ketones (excluding diaryl/α,β-unsaturated/α-hetero) is 1. The van der Waals surface area contributed by atoms with Crippen LogP contribution in [0.15, 0.2) is 24.3 Å². The molecule has 1 aliphatic heterocycles. The SMILES string of the molecule is COc1c(O)cc2c(c1O)C(=O)CC(c1cccc(O)c1O)O2. The zero-order valence-electron chi connectivity index (χ0n) is 12.1. The van der Waals surface area contributed by atoms with E-state index in [1.807, 2.05) is 0 Å². The van der Waals surface area contributed by atoms with Crippen molar-refractivity contribution in [3.05, 3.63) is 35.4 Å². The topological polar surface area (TPSA) is 116 Å². The van der Waals surface area contributed by atoms with Crippen molar-refractivity contribution >= 4 is 5.78 Å². The molecule has 1 unspecified atom stereocenters. The maximum absolute atomic E-state index is 12.3. The van der Waals surface area contributed by atoms with E-state index in [-0.39, 0.29) is 46.3 Å². The highest BCUT2D eigenvalue weighted by molar-refractivity contribution is 6.03. The van der Waals surface area contributed by atoms with E-state index < -0.39 is 17.6 Å². The monoisotopic (exact) mass is 318 g/mol. The van der Waals surface area contributed by atoms with Crippen molar-refractivity contribution in [3.63, 3.8) is 0 Å². The Balaban J connectivity index is 2.08. The lowest BCUT2D eigenvalue weighted by atomic mass is 9.94. The van der Waals surface area contributed by atoms with Crippen molar-refractivity contribution in [1.82, 2.24) is 0 Å². The number of carbonyl (C=O) groups excluding carboxylic acids is 1. The van der Waals surface area contributed by atoms with E-state index in [9.17, 15) is 25.2 Å². The normalized spacial score (nSPS) is 16.6. The van der Waals surface area contributed by atoms with E-state index in [4.69, 9.17) is 9.47 Å². The minimum atomic E-state index is -0.853. The summed E-state index contributed by atoms with van der Waals surface area (Å²) >= 11 is 0. The molecule has 120 valence electrons. The summed E-state index contributed by atoms with van der Waals surface area (Å²) in [6, 6.07) is 5.50. The van der Waals surface area contributed by atoms with Crippen molar-refractivity contribution in [3.8, 4) is 34.5 Å². The number of ketones is 1. The standard InChI is InChI=1S/C16H14O7/c1-22-16-10(19)6-12-13(15(16)21)9(18)5-11(23-12)7-3-2-4-8(17)14(7)20/h2-4,6,11,17,19-21H,5H2,1H3. The van der Waals surface area contributed by atoms with Gasteiger partial charge in [-0.3, -0.25) is 4.79 Å². The third-order valence-corrected chi connectivity index (χ3v) is 3.71. The second-order valence-electron chi connectivity index (χ2n) is 5.10. The van der Waals surface area contributed by atoms with E-state index in [0.717, 1.165) is 6.07 Å². The van der Waals surface area contributed by atoms with Crippen LogP contribution in [0.5, 0.6) is 34.5 Å². The first-order valence-electron chi connectivity index (χ1n) is 6.77. The number of benzene rings is 2. The quantitative estimate of drug-likeness (QED) is 0.627. The van der Waals surface area contributed by atoms with Gasteiger partial charge in [0.1, 0.15) is 17.4 Å². The summed E-state index contributed by atoms with van der Waals surface area (Å²) < 4.78 is 10.5. The van der Waals surface area contributed by atoms with Crippen LogP contribution in [0.25, 0.3) is 0 Å². The Bertz CT molecular complexity index is 798. The zero-order valence-corrected chi connectivity index (χ0v) is 12.1. The highest BCUT2D eigenvalue weighted by atomic mass is 16.5. The number of aromatic hydroxyl groups is 4. The van der Waals surface area contributed by atoms with Gasteiger partial charge in [0.05, 0.1) is 13.5 Å². The zero-order chi connectivity index (χ0) is 16.7. The minimum absolute atomic E-state index is 0.0233. The summed E-state index contributed by atoms with van der Waals surface area (Å²) in [6.45, 7) is 0. The molecule has 0 amide bonds. The number of fused-ring (bicyclic) bond motifs is 1. The Morgan fingerprint density at radius 2 is 1.87 bits per heavy atom. The van der Waals surface area contributed by atoms with Gasteiger partial charge >= 0.3 is 0 Å². The Morgan fingerprint density at radius 3 is 2.57 bits per heavy atom. The summed E-state index contributed by atoms with van der Waals surface area (Å²) in [6.07, 6.45) is -1.000. The van der Waals surface area contributed by atoms with Crippen LogP contribution in [0, 0.1) is 0 Å². The number of hydrogen-bond donors (Lipinski definition) is 4. The lowest BCUT2D eigenvalue weighted by Gasteiger charge is -2.27. The number of carbonyl (C=O) groups is 1. The molecule has 2 aromatic carbocycles. The van der Waals surface area contributed by atoms with Gasteiger partial charge in [-0.1, -0.05) is 12.1 Å². The summed E-state index contributed by atoms with van der Waals surface area (Å²) in [7, 11) is 1.25. The smallest absolute Gasteiger partial charge is 0.203 e. The van der Waals surface area contributed by atoms with Gasteiger partial charge in [0.25, 0.3) is 0 Å². The van der Waals surface area contributed by atoms with Crippen LogP contribution in [-0.2, 0) is 0 Å². The molecule has 7 nitrogen and oxygen atoms in total. The minimum Gasteiger partial charge on any atom is -0.504 e. The average Bonchev–Trinajstić information content (AvgIpc) is 2.49. The molecule has 4 N–H and O–H groups in total. The highest BCUT2D eigenvalue weighted by Gasteiger charge is 2.34. The molecule has 0 aromatic heterocycles. The molecule has 0 spiro atoms. The fourth-order valence-electron chi connectivity index (χ4n) is 2.62. The molecule has 1 atom stereocenters. The fourth-order valence-corrected chi connectivity index (χ4v) is 2.62. The predicted octanol–water partition coefficient (Wildman–Crippen LogP) is 2.22. The second kappa shape index (κ2) is 5.28. The molecule has 0 bridgehead atoms. The van der Waals surface area contributed by atoms with E-state index in [1.165, 1.54) is 25.3 Å². The lowest BCUT2D eigenvalue weighted by Crippen LogP contribution is -2.20. The van der Waals surface area contributed by atoms with Crippen LogP contribution in [-0.4, -0.2) is 33.3 Å². The number of para-hydroxylation sites is 1. The van der Waals surface area contributed by atoms with E-state index in [0.29, 0.717) is 0 Å². The lowest BCUT2D eigenvalue weighted by molar-refractivity contribution is 0.0840. The largest absolute Gasteiger partial charge is 0.504 e. The van der Waals surface area contributed by atoms with Crippen LogP contribution >= 0.6 is 0 Å². The Kier molecular flexibility index (Phi) is 3.40. The number of phenols is 4. The van der Waals surface area contributed by atoms with Crippen LogP contribution < -0.4 is 9.47 Å². The fraction of sp³-hybridized carbons (Fsp3) is 0.188.